The molecule has 0 saturated heterocycles. The lowest BCUT2D eigenvalue weighted by Gasteiger charge is -2.31. The summed E-state index contributed by atoms with van der Waals surface area (Å²) in [5.41, 5.74) is 0.927. The molecule has 4 heteroatoms. The molecule has 0 heterocycles. The third-order valence-corrected chi connectivity index (χ3v) is 3.51. The van der Waals surface area contributed by atoms with Crippen LogP contribution in [0.4, 0.5) is 5.69 Å². The van der Waals surface area contributed by atoms with Crippen molar-refractivity contribution in [2.45, 2.75) is 20.1 Å². The van der Waals surface area contributed by atoms with Crippen molar-refractivity contribution in [1.29, 1.82) is 0 Å². The number of nitrogens with zero attached hydrogens (tertiary/aromatic N) is 1. The first-order chi connectivity index (χ1) is 10.2. The van der Waals surface area contributed by atoms with Gasteiger partial charge in [-0.15, -0.1) is 0 Å². The number of halogens is 1. The molecule has 0 aliphatic carbocycles. The minimum Gasteiger partial charge on any atom is -0.495 e. The van der Waals surface area contributed by atoms with E-state index in [0.717, 1.165) is 23.7 Å². The summed E-state index contributed by atoms with van der Waals surface area (Å²) < 4.78 is 11.4. The standard InChI is InChI=1S/C17H20ClNO2/c1-4-19(13(2)21-15-8-6-5-7-9-15)16-12-14(18)10-11-17(16)20-3/h5-13H,4H2,1-3H3. The molecular weight excluding hydrogens is 286 g/mol. The van der Waals surface area contributed by atoms with Gasteiger partial charge in [-0.3, -0.25) is 0 Å². The van der Waals surface area contributed by atoms with E-state index in [-0.39, 0.29) is 6.23 Å². The molecule has 0 amide bonds. The van der Waals surface area contributed by atoms with Gasteiger partial charge in [-0.2, -0.15) is 0 Å². The predicted molar refractivity (Wildman–Crippen MR) is 87.6 cm³/mol. The van der Waals surface area contributed by atoms with E-state index in [4.69, 9.17) is 21.1 Å². The van der Waals surface area contributed by atoms with E-state index >= 15 is 0 Å². The number of anilines is 1. The zero-order chi connectivity index (χ0) is 15.2. The van der Waals surface area contributed by atoms with E-state index in [1.54, 1.807) is 7.11 Å². The quantitative estimate of drug-likeness (QED) is 0.728. The summed E-state index contributed by atoms with van der Waals surface area (Å²) in [6.07, 6.45) is -0.134. The summed E-state index contributed by atoms with van der Waals surface area (Å²) in [5, 5.41) is 0.677. The van der Waals surface area contributed by atoms with Gasteiger partial charge in [-0.1, -0.05) is 29.8 Å². The van der Waals surface area contributed by atoms with Crippen molar-refractivity contribution in [1.82, 2.24) is 0 Å². The van der Waals surface area contributed by atoms with Gasteiger partial charge in [-0.25, -0.2) is 0 Å². The van der Waals surface area contributed by atoms with E-state index in [9.17, 15) is 0 Å². The summed E-state index contributed by atoms with van der Waals surface area (Å²) >= 11 is 6.12. The Bertz CT molecular complexity index is 574. The zero-order valence-electron chi connectivity index (χ0n) is 12.5. The van der Waals surface area contributed by atoms with Gasteiger partial charge < -0.3 is 14.4 Å². The Labute approximate surface area is 131 Å². The van der Waals surface area contributed by atoms with Crippen LogP contribution in [0.15, 0.2) is 48.5 Å². The maximum Gasteiger partial charge on any atom is 0.169 e. The molecule has 3 nitrogen and oxygen atoms in total. The minimum atomic E-state index is -0.134. The first-order valence-corrected chi connectivity index (χ1v) is 7.35. The van der Waals surface area contributed by atoms with Crippen molar-refractivity contribution in [2.75, 3.05) is 18.6 Å². The second-order valence-corrected chi connectivity index (χ2v) is 5.07. The number of ether oxygens (including phenoxy) is 2. The van der Waals surface area contributed by atoms with Gasteiger partial charge in [0.1, 0.15) is 11.5 Å². The highest BCUT2D eigenvalue weighted by molar-refractivity contribution is 6.30. The Hall–Kier alpha value is -1.87. The van der Waals surface area contributed by atoms with Crippen LogP contribution in [-0.4, -0.2) is 19.9 Å². The smallest absolute Gasteiger partial charge is 0.169 e. The Morgan fingerprint density at radius 3 is 2.48 bits per heavy atom. The summed E-state index contributed by atoms with van der Waals surface area (Å²) in [6.45, 7) is 4.87. The molecule has 2 aromatic rings. The van der Waals surface area contributed by atoms with Crippen LogP contribution in [0.1, 0.15) is 13.8 Å². The molecule has 0 saturated carbocycles. The van der Waals surface area contributed by atoms with Crippen molar-refractivity contribution in [3.63, 3.8) is 0 Å². The second-order valence-electron chi connectivity index (χ2n) is 4.63. The number of benzene rings is 2. The van der Waals surface area contributed by atoms with Gasteiger partial charge in [0.15, 0.2) is 6.23 Å². The van der Waals surface area contributed by atoms with Crippen LogP contribution in [0.5, 0.6) is 11.5 Å². The fourth-order valence-corrected chi connectivity index (χ4v) is 2.44. The highest BCUT2D eigenvalue weighted by atomic mass is 35.5. The number of rotatable bonds is 6. The largest absolute Gasteiger partial charge is 0.495 e. The lowest BCUT2D eigenvalue weighted by molar-refractivity contribution is 0.215. The maximum absolute atomic E-state index is 6.12. The van der Waals surface area contributed by atoms with Gasteiger partial charge >= 0.3 is 0 Å². The van der Waals surface area contributed by atoms with Crippen LogP contribution < -0.4 is 14.4 Å². The van der Waals surface area contributed by atoms with E-state index in [2.05, 4.69) is 11.8 Å². The second kappa shape index (κ2) is 7.23. The van der Waals surface area contributed by atoms with Gasteiger partial charge in [0.05, 0.1) is 12.8 Å². The molecular formula is C17H20ClNO2. The van der Waals surface area contributed by atoms with Gasteiger partial charge in [0, 0.05) is 11.6 Å². The average Bonchev–Trinajstić information content (AvgIpc) is 2.49. The highest BCUT2D eigenvalue weighted by Gasteiger charge is 2.18. The molecule has 1 atom stereocenters. The molecule has 0 aromatic heterocycles. The lowest BCUT2D eigenvalue weighted by atomic mass is 10.2. The molecule has 2 aromatic carbocycles. The van der Waals surface area contributed by atoms with Crippen LogP contribution in [0.3, 0.4) is 0 Å². The SMILES string of the molecule is CCN(c1cc(Cl)ccc1OC)C(C)Oc1ccccc1. The molecule has 0 bridgehead atoms. The minimum absolute atomic E-state index is 0.134. The Kier molecular flexibility index (Phi) is 5.34. The van der Waals surface area contributed by atoms with Crippen LogP contribution in [0, 0.1) is 0 Å². The van der Waals surface area contributed by atoms with Crippen molar-refractivity contribution >= 4 is 17.3 Å². The van der Waals surface area contributed by atoms with Gasteiger partial charge in [0.2, 0.25) is 0 Å². The Morgan fingerprint density at radius 2 is 1.86 bits per heavy atom. The Morgan fingerprint density at radius 1 is 1.14 bits per heavy atom. The predicted octanol–water partition coefficient (Wildman–Crippen LogP) is 4.60. The highest BCUT2D eigenvalue weighted by Crippen LogP contribution is 2.32. The number of hydrogen-bond acceptors (Lipinski definition) is 3. The van der Waals surface area contributed by atoms with Gasteiger partial charge in [-0.05, 0) is 44.2 Å². The zero-order valence-corrected chi connectivity index (χ0v) is 13.3. The molecule has 0 N–H and O–H groups in total. The van der Waals surface area contributed by atoms with Crippen LogP contribution in [0.2, 0.25) is 5.02 Å². The van der Waals surface area contributed by atoms with E-state index in [0.29, 0.717) is 5.02 Å². The van der Waals surface area contributed by atoms with Crippen LogP contribution in [-0.2, 0) is 0 Å². The maximum atomic E-state index is 6.12. The molecule has 0 radical (unpaired) electrons. The first-order valence-electron chi connectivity index (χ1n) is 6.97. The van der Waals surface area contributed by atoms with Crippen molar-refractivity contribution in [3.05, 3.63) is 53.6 Å². The van der Waals surface area contributed by atoms with Crippen molar-refractivity contribution < 1.29 is 9.47 Å². The lowest BCUT2D eigenvalue weighted by Crippen LogP contribution is -2.37. The molecule has 21 heavy (non-hydrogen) atoms. The van der Waals surface area contributed by atoms with E-state index in [1.807, 2.05) is 55.5 Å². The van der Waals surface area contributed by atoms with Crippen molar-refractivity contribution in [3.8, 4) is 11.5 Å². The molecule has 112 valence electrons. The number of methoxy groups -OCH3 is 1. The molecule has 0 spiro atoms. The summed E-state index contributed by atoms with van der Waals surface area (Å²) in [6, 6.07) is 15.4. The molecule has 0 aliphatic heterocycles. The fourth-order valence-electron chi connectivity index (χ4n) is 2.27. The number of para-hydroxylation sites is 1. The Balaban J connectivity index is 2.24. The fraction of sp³-hybridized carbons (Fsp3) is 0.294. The topological polar surface area (TPSA) is 21.7 Å². The van der Waals surface area contributed by atoms with Gasteiger partial charge in [0.25, 0.3) is 0 Å². The third-order valence-electron chi connectivity index (χ3n) is 3.28. The summed E-state index contributed by atoms with van der Waals surface area (Å²) in [7, 11) is 1.66. The summed E-state index contributed by atoms with van der Waals surface area (Å²) in [5.74, 6) is 1.62. The molecule has 0 aliphatic rings. The molecule has 0 fully saturated rings. The van der Waals surface area contributed by atoms with Crippen LogP contribution in [0.25, 0.3) is 0 Å². The molecule has 1 unspecified atom stereocenters. The average molecular weight is 306 g/mol. The normalized spacial score (nSPS) is 11.8. The number of hydrogen-bond donors (Lipinski definition) is 0. The van der Waals surface area contributed by atoms with E-state index in [1.165, 1.54) is 0 Å². The summed E-state index contributed by atoms with van der Waals surface area (Å²) in [4.78, 5) is 2.11. The third kappa shape index (κ3) is 3.82. The molecule has 2 rings (SSSR count). The van der Waals surface area contributed by atoms with E-state index < -0.39 is 0 Å². The van der Waals surface area contributed by atoms with Crippen molar-refractivity contribution in [2.24, 2.45) is 0 Å². The monoisotopic (exact) mass is 305 g/mol. The first kappa shape index (κ1) is 15.5. The van der Waals surface area contributed by atoms with Crippen LogP contribution >= 0.6 is 11.6 Å².